The lowest BCUT2D eigenvalue weighted by molar-refractivity contribution is -0.153. The van der Waals surface area contributed by atoms with E-state index in [1.54, 1.807) is 114 Å². The molecule has 0 bridgehead atoms. The first kappa shape index (κ1) is 34.9. The first-order valence-corrected chi connectivity index (χ1v) is 18.1. The van der Waals surface area contributed by atoms with Crippen molar-refractivity contribution in [2.45, 2.75) is 61.3 Å². The van der Waals surface area contributed by atoms with Gasteiger partial charge in [-0.25, -0.2) is 14.4 Å². The molecular weight excluding hydrogens is 695 g/mol. The molecule has 0 aliphatic heterocycles. The summed E-state index contributed by atoms with van der Waals surface area (Å²) in [5.74, 6) is -2.21. The summed E-state index contributed by atoms with van der Waals surface area (Å²) >= 11 is 1.81. The Morgan fingerprint density at radius 2 is 1.09 bits per heavy atom. The molecule has 0 amide bonds. The van der Waals surface area contributed by atoms with Crippen LogP contribution in [0.1, 0.15) is 51.8 Å². The second kappa shape index (κ2) is 16.0. The molecule has 3 rings (SSSR count). The molecule has 0 spiro atoms. The van der Waals surface area contributed by atoms with Gasteiger partial charge in [-0.1, -0.05) is 75.4 Å². The molecule has 0 saturated heterocycles. The van der Waals surface area contributed by atoms with Crippen LogP contribution in [0.3, 0.4) is 0 Å². The van der Waals surface area contributed by atoms with E-state index in [2.05, 4.69) is 20.8 Å². The number of alkyl halides is 1. The van der Waals surface area contributed by atoms with E-state index in [1.807, 2.05) is 13.1 Å². The molecule has 3 aromatic rings. The van der Waals surface area contributed by atoms with Gasteiger partial charge in [0.15, 0.2) is 30.7 Å². The van der Waals surface area contributed by atoms with E-state index in [9.17, 15) is 19.2 Å². The average Bonchev–Trinajstić information content (AvgIpc) is 3.01. The SMILES string of the molecule is CC(C)(C)[Si](C)(C)OC[C@@H](OC=O)[C@@H](OC(=O)c1ccccc1)[C@H](OC(=O)c1ccccc1)C(I)OC(=O)c1ccccc1. The maximum absolute atomic E-state index is 13.4. The van der Waals surface area contributed by atoms with Crippen molar-refractivity contribution in [3.63, 3.8) is 0 Å². The highest BCUT2D eigenvalue weighted by Gasteiger charge is 2.45. The predicted octanol–water partition coefficient (Wildman–Crippen LogP) is 6.62. The van der Waals surface area contributed by atoms with Crippen molar-refractivity contribution in [1.82, 2.24) is 0 Å². The number of esters is 3. The predicted molar refractivity (Wildman–Crippen MR) is 175 cm³/mol. The van der Waals surface area contributed by atoms with E-state index in [0.29, 0.717) is 0 Å². The summed E-state index contributed by atoms with van der Waals surface area (Å²) in [5.41, 5.74) is 0.697. The molecule has 44 heavy (non-hydrogen) atoms. The number of benzene rings is 3. The average molecular weight is 733 g/mol. The van der Waals surface area contributed by atoms with Gasteiger partial charge < -0.3 is 23.4 Å². The monoisotopic (exact) mass is 732 g/mol. The lowest BCUT2D eigenvalue weighted by atomic mass is 10.1. The molecule has 11 heteroatoms. The topological polar surface area (TPSA) is 114 Å². The molecule has 0 aromatic heterocycles. The number of carbonyl (C=O) groups is 4. The Balaban J connectivity index is 2.05. The van der Waals surface area contributed by atoms with E-state index < -0.39 is 48.6 Å². The molecular formula is C33H37IO9Si. The van der Waals surface area contributed by atoms with Crippen molar-refractivity contribution in [3.05, 3.63) is 108 Å². The van der Waals surface area contributed by atoms with Gasteiger partial charge >= 0.3 is 17.9 Å². The minimum atomic E-state index is -2.39. The molecule has 0 fully saturated rings. The van der Waals surface area contributed by atoms with Crippen molar-refractivity contribution in [3.8, 4) is 0 Å². The second-order valence-corrected chi connectivity index (χ2v) is 17.5. The van der Waals surface area contributed by atoms with Crippen LogP contribution in [-0.4, -0.2) is 61.7 Å². The number of hydrogen-bond acceptors (Lipinski definition) is 9. The summed E-state index contributed by atoms with van der Waals surface area (Å²) in [7, 11) is -2.39. The summed E-state index contributed by atoms with van der Waals surface area (Å²) in [6.45, 7) is 10.2. The Morgan fingerprint density at radius 3 is 1.48 bits per heavy atom. The summed E-state index contributed by atoms with van der Waals surface area (Å²) < 4.78 is 28.2. The smallest absolute Gasteiger partial charge is 0.339 e. The van der Waals surface area contributed by atoms with E-state index in [-0.39, 0.29) is 34.8 Å². The second-order valence-electron chi connectivity index (χ2n) is 11.4. The lowest BCUT2D eigenvalue weighted by Gasteiger charge is -2.39. The van der Waals surface area contributed by atoms with E-state index in [1.165, 1.54) is 0 Å². The van der Waals surface area contributed by atoms with Gasteiger partial charge in [-0.15, -0.1) is 0 Å². The van der Waals surface area contributed by atoms with Crippen molar-refractivity contribution >= 4 is 55.3 Å². The van der Waals surface area contributed by atoms with Gasteiger partial charge in [0.05, 0.1) is 23.3 Å². The molecule has 3 aromatic carbocycles. The van der Waals surface area contributed by atoms with Crippen LogP contribution in [0, 0.1) is 0 Å². The molecule has 0 heterocycles. The third-order valence-corrected chi connectivity index (χ3v) is 12.8. The van der Waals surface area contributed by atoms with E-state index >= 15 is 0 Å². The quantitative estimate of drug-likeness (QED) is 0.0451. The number of ether oxygens (including phenoxy) is 4. The van der Waals surface area contributed by atoms with Crippen LogP contribution >= 0.6 is 22.6 Å². The van der Waals surface area contributed by atoms with Gasteiger partial charge in [0.1, 0.15) is 0 Å². The first-order valence-electron chi connectivity index (χ1n) is 14.0. The highest BCUT2D eigenvalue weighted by molar-refractivity contribution is 14.1. The number of carbonyl (C=O) groups excluding carboxylic acids is 4. The molecule has 0 aliphatic carbocycles. The Bertz CT molecular complexity index is 1380. The van der Waals surface area contributed by atoms with Crippen LogP contribution in [-0.2, 0) is 28.2 Å². The zero-order valence-corrected chi connectivity index (χ0v) is 28.5. The highest BCUT2D eigenvalue weighted by Crippen LogP contribution is 2.37. The van der Waals surface area contributed by atoms with Gasteiger partial charge in [-0.3, -0.25) is 4.79 Å². The van der Waals surface area contributed by atoms with Gasteiger partial charge in [0, 0.05) is 0 Å². The number of halogens is 1. The van der Waals surface area contributed by atoms with E-state index in [4.69, 9.17) is 23.4 Å². The van der Waals surface area contributed by atoms with Crippen molar-refractivity contribution < 1.29 is 42.6 Å². The fourth-order valence-corrected chi connectivity index (χ4v) is 5.56. The van der Waals surface area contributed by atoms with Crippen molar-refractivity contribution in [2.75, 3.05) is 6.61 Å². The standard InChI is InChI=1S/C33H37IO9Si/c1-33(2,3)44(4,5)40-21-26(39-22-35)27(41-30(36)23-15-9-6-10-16-23)28(42-31(37)24-17-11-7-12-18-24)29(34)43-32(38)25-19-13-8-14-20-25/h6-20,22,26-29H,21H2,1-5H3/t26-,27-,28+,29?/m1/s1. The van der Waals surface area contributed by atoms with Gasteiger partial charge in [0.25, 0.3) is 6.47 Å². The molecule has 1 unspecified atom stereocenters. The summed E-state index contributed by atoms with van der Waals surface area (Å²) in [4.78, 5) is 51.6. The van der Waals surface area contributed by atoms with Gasteiger partial charge in [0.2, 0.25) is 0 Å². The third kappa shape index (κ3) is 9.73. The van der Waals surface area contributed by atoms with Crippen LogP contribution in [0.5, 0.6) is 0 Å². The third-order valence-electron chi connectivity index (χ3n) is 7.33. The van der Waals surface area contributed by atoms with Crippen LogP contribution in [0.2, 0.25) is 18.1 Å². The van der Waals surface area contributed by atoms with Crippen LogP contribution < -0.4 is 0 Å². The Kier molecular flexibility index (Phi) is 12.7. The fourth-order valence-electron chi connectivity index (χ4n) is 3.76. The van der Waals surface area contributed by atoms with Gasteiger partial charge in [-0.2, -0.15) is 0 Å². The maximum atomic E-state index is 13.4. The molecule has 0 radical (unpaired) electrons. The van der Waals surface area contributed by atoms with Crippen LogP contribution in [0.15, 0.2) is 91.0 Å². The molecule has 0 saturated carbocycles. The zero-order valence-electron chi connectivity index (χ0n) is 25.3. The minimum absolute atomic E-state index is 0.169. The Hall–Kier alpha value is -3.55. The Labute approximate surface area is 272 Å². The normalized spacial score (nSPS) is 14.3. The molecule has 234 valence electrons. The summed E-state index contributed by atoms with van der Waals surface area (Å²) in [6, 6.07) is 24.7. The summed E-state index contributed by atoms with van der Waals surface area (Å²) in [6.07, 6.45) is -4.08. The minimum Gasteiger partial charge on any atom is -0.458 e. The Morgan fingerprint density at radius 1 is 0.705 bits per heavy atom. The van der Waals surface area contributed by atoms with Gasteiger partial charge in [-0.05, 0) is 77.1 Å². The summed E-state index contributed by atoms with van der Waals surface area (Å²) in [5, 5.41) is -0.189. The number of hydrogen-bond donors (Lipinski definition) is 0. The fraction of sp³-hybridized carbons (Fsp3) is 0.333. The molecule has 0 N–H and O–H groups in total. The lowest BCUT2D eigenvalue weighted by Crippen LogP contribution is -2.53. The first-order chi connectivity index (χ1) is 20.8. The van der Waals surface area contributed by atoms with Crippen molar-refractivity contribution in [1.29, 1.82) is 0 Å². The van der Waals surface area contributed by atoms with Crippen LogP contribution in [0.4, 0.5) is 0 Å². The highest BCUT2D eigenvalue weighted by atomic mass is 127. The molecule has 9 nitrogen and oxygen atoms in total. The van der Waals surface area contributed by atoms with Crippen LogP contribution in [0.25, 0.3) is 0 Å². The zero-order chi connectivity index (χ0) is 32.3. The van der Waals surface area contributed by atoms with E-state index in [0.717, 1.165) is 0 Å². The largest absolute Gasteiger partial charge is 0.458 e. The molecule has 4 atom stereocenters. The molecule has 0 aliphatic rings. The van der Waals surface area contributed by atoms with Crippen molar-refractivity contribution in [2.24, 2.45) is 0 Å². The number of rotatable bonds is 14. The maximum Gasteiger partial charge on any atom is 0.339 e.